The molecular formula is C18H18N2O4S. The Morgan fingerprint density at radius 3 is 2.48 bits per heavy atom. The zero-order valence-corrected chi connectivity index (χ0v) is 14.7. The first-order valence-electron chi connectivity index (χ1n) is 7.64. The summed E-state index contributed by atoms with van der Waals surface area (Å²) in [6, 6.07) is 15.6. The van der Waals surface area contributed by atoms with Gasteiger partial charge in [-0.3, -0.25) is 0 Å². The number of hydrogen-bond acceptors (Lipinski definition) is 3. The lowest BCUT2D eigenvalue weighted by Crippen LogP contribution is -2.22. The van der Waals surface area contributed by atoms with E-state index in [4.69, 9.17) is 0 Å². The van der Waals surface area contributed by atoms with E-state index >= 15 is 0 Å². The van der Waals surface area contributed by atoms with Crippen LogP contribution in [0.2, 0.25) is 0 Å². The SMILES string of the molecule is CN(C)S(=O)(=O)c1cccc(Cn2c(C(=O)O)cc3ccccc32)c1. The fourth-order valence-corrected chi connectivity index (χ4v) is 3.73. The zero-order chi connectivity index (χ0) is 18.2. The quantitative estimate of drug-likeness (QED) is 0.760. The summed E-state index contributed by atoms with van der Waals surface area (Å²) in [5, 5.41) is 10.3. The number of sulfonamides is 1. The predicted molar refractivity (Wildman–Crippen MR) is 95.3 cm³/mol. The van der Waals surface area contributed by atoms with Gasteiger partial charge in [0.1, 0.15) is 5.69 Å². The maximum atomic E-state index is 12.3. The van der Waals surface area contributed by atoms with Crippen molar-refractivity contribution >= 4 is 26.9 Å². The van der Waals surface area contributed by atoms with Gasteiger partial charge in [-0.25, -0.2) is 17.5 Å². The summed E-state index contributed by atoms with van der Waals surface area (Å²) >= 11 is 0. The third-order valence-corrected chi connectivity index (χ3v) is 5.86. The van der Waals surface area contributed by atoms with Crippen LogP contribution in [-0.2, 0) is 16.6 Å². The smallest absolute Gasteiger partial charge is 0.352 e. The number of aromatic nitrogens is 1. The first kappa shape index (κ1) is 17.2. The molecule has 1 heterocycles. The average Bonchev–Trinajstić information content (AvgIpc) is 2.94. The maximum absolute atomic E-state index is 12.3. The molecule has 0 aliphatic carbocycles. The van der Waals surface area contributed by atoms with Crippen LogP contribution < -0.4 is 0 Å². The molecule has 0 unspecified atom stereocenters. The van der Waals surface area contributed by atoms with E-state index in [0.29, 0.717) is 5.56 Å². The number of carboxylic acids is 1. The molecule has 3 rings (SSSR count). The predicted octanol–water partition coefficient (Wildman–Crippen LogP) is 2.64. The van der Waals surface area contributed by atoms with E-state index in [1.807, 2.05) is 24.3 Å². The lowest BCUT2D eigenvalue weighted by atomic mass is 10.2. The Bertz CT molecular complexity index is 1050. The van der Waals surface area contributed by atoms with Crippen molar-refractivity contribution in [2.75, 3.05) is 14.1 Å². The highest BCUT2D eigenvalue weighted by atomic mass is 32.2. The number of nitrogens with zero attached hydrogens (tertiary/aromatic N) is 2. The number of carbonyl (C=O) groups is 1. The van der Waals surface area contributed by atoms with Gasteiger partial charge in [-0.1, -0.05) is 30.3 Å². The second kappa shape index (κ2) is 6.34. The molecule has 1 aromatic heterocycles. The molecule has 6 nitrogen and oxygen atoms in total. The summed E-state index contributed by atoms with van der Waals surface area (Å²) in [5.41, 5.74) is 1.68. The Labute approximate surface area is 146 Å². The van der Waals surface area contributed by atoms with Gasteiger partial charge in [0, 0.05) is 31.5 Å². The molecule has 0 radical (unpaired) electrons. The molecule has 0 aliphatic heterocycles. The van der Waals surface area contributed by atoms with Crippen LogP contribution in [0.15, 0.2) is 59.5 Å². The first-order valence-corrected chi connectivity index (χ1v) is 9.08. The Morgan fingerprint density at radius 2 is 1.80 bits per heavy atom. The molecule has 130 valence electrons. The Morgan fingerprint density at radius 1 is 1.08 bits per heavy atom. The van der Waals surface area contributed by atoms with Gasteiger partial charge in [0.15, 0.2) is 0 Å². The highest BCUT2D eigenvalue weighted by Gasteiger charge is 2.19. The highest BCUT2D eigenvalue weighted by molar-refractivity contribution is 7.89. The van der Waals surface area contributed by atoms with Crippen molar-refractivity contribution in [2.45, 2.75) is 11.4 Å². The second-order valence-corrected chi connectivity index (χ2v) is 8.07. The molecule has 0 atom stereocenters. The minimum atomic E-state index is -3.54. The Hall–Kier alpha value is -2.64. The number of carboxylic acid groups (broad SMARTS) is 1. The van der Waals surface area contributed by atoms with Crippen LogP contribution in [0.5, 0.6) is 0 Å². The van der Waals surface area contributed by atoms with E-state index in [9.17, 15) is 18.3 Å². The summed E-state index contributed by atoms with van der Waals surface area (Å²) in [4.78, 5) is 11.8. The fraction of sp³-hybridized carbons (Fsp3) is 0.167. The van der Waals surface area contributed by atoms with Crippen LogP contribution >= 0.6 is 0 Å². The number of fused-ring (bicyclic) bond motifs is 1. The number of benzene rings is 2. The lowest BCUT2D eigenvalue weighted by Gasteiger charge is -2.13. The standard InChI is InChI=1S/C18H18N2O4S/c1-19(2)25(23,24)15-8-5-6-13(10-15)12-20-16-9-4-3-7-14(16)11-17(20)18(21)22/h3-11H,12H2,1-2H3,(H,21,22). The van der Waals surface area contributed by atoms with E-state index in [1.54, 1.807) is 28.8 Å². The van der Waals surface area contributed by atoms with Crippen molar-refractivity contribution in [3.8, 4) is 0 Å². The average molecular weight is 358 g/mol. The van der Waals surface area contributed by atoms with Crippen molar-refractivity contribution < 1.29 is 18.3 Å². The molecule has 0 amide bonds. The van der Waals surface area contributed by atoms with E-state index in [0.717, 1.165) is 15.2 Å². The Balaban J connectivity index is 2.08. The molecule has 1 N–H and O–H groups in total. The highest BCUT2D eigenvalue weighted by Crippen LogP contribution is 2.22. The normalized spacial score (nSPS) is 12.0. The number of aromatic carboxylic acids is 1. The van der Waals surface area contributed by atoms with E-state index < -0.39 is 16.0 Å². The number of rotatable bonds is 5. The molecule has 0 aliphatic rings. The second-order valence-electron chi connectivity index (χ2n) is 5.91. The van der Waals surface area contributed by atoms with Crippen LogP contribution in [-0.4, -0.2) is 42.5 Å². The van der Waals surface area contributed by atoms with Crippen LogP contribution in [0, 0.1) is 0 Å². The van der Waals surface area contributed by atoms with Gasteiger partial charge in [-0.15, -0.1) is 0 Å². The van der Waals surface area contributed by atoms with Crippen LogP contribution in [0.25, 0.3) is 10.9 Å². The van der Waals surface area contributed by atoms with Crippen LogP contribution in [0.1, 0.15) is 16.1 Å². The van der Waals surface area contributed by atoms with Crippen LogP contribution in [0.3, 0.4) is 0 Å². The summed E-state index contributed by atoms with van der Waals surface area (Å²) in [7, 11) is -0.587. The maximum Gasteiger partial charge on any atom is 0.352 e. The molecule has 3 aromatic rings. The van der Waals surface area contributed by atoms with E-state index in [1.165, 1.54) is 20.2 Å². The molecular weight excluding hydrogens is 340 g/mol. The molecule has 0 bridgehead atoms. The third kappa shape index (κ3) is 3.16. The molecule has 0 spiro atoms. The van der Waals surface area contributed by atoms with Gasteiger partial charge in [0.05, 0.1) is 4.90 Å². The van der Waals surface area contributed by atoms with Crippen LogP contribution in [0.4, 0.5) is 0 Å². The number of para-hydroxylation sites is 1. The Kier molecular flexibility index (Phi) is 4.36. The first-order chi connectivity index (χ1) is 11.8. The topological polar surface area (TPSA) is 79.6 Å². The summed E-state index contributed by atoms with van der Waals surface area (Å²) in [5.74, 6) is -1.02. The molecule has 0 saturated carbocycles. The largest absolute Gasteiger partial charge is 0.477 e. The molecule has 2 aromatic carbocycles. The molecule has 7 heteroatoms. The van der Waals surface area contributed by atoms with Gasteiger partial charge < -0.3 is 9.67 Å². The minimum Gasteiger partial charge on any atom is -0.477 e. The summed E-state index contributed by atoms with van der Waals surface area (Å²) in [6.45, 7) is 0.270. The third-order valence-electron chi connectivity index (χ3n) is 4.05. The van der Waals surface area contributed by atoms with E-state index in [-0.39, 0.29) is 17.1 Å². The summed E-state index contributed by atoms with van der Waals surface area (Å²) < 4.78 is 27.4. The lowest BCUT2D eigenvalue weighted by molar-refractivity contribution is 0.0686. The minimum absolute atomic E-state index is 0.169. The molecule has 25 heavy (non-hydrogen) atoms. The van der Waals surface area contributed by atoms with Crippen molar-refractivity contribution in [3.63, 3.8) is 0 Å². The van der Waals surface area contributed by atoms with Crippen molar-refractivity contribution in [1.29, 1.82) is 0 Å². The van der Waals surface area contributed by atoms with Gasteiger partial charge in [-0.2, -0.15) is 0 Å². The van der Waals surface area contributed by atoms with Crippen molar-refractivity contribution in [1.82, 2.24) is 8.87 Å². The number of hydrogen-bond donors (Lipinski definition) is 1. The monoisotopic (exact) mass is 358 g/mol. The molecule has 0 saturated heterocycles. The molecule has 0 fully saturated rings. The van der Waals surface area contributed by atoms with Crippen molar-refractivity contribution in [3.05, 3.63) is 65.9 Å². The van der Waals surface area contributed by atoms with Gasteiger partial charge in [-0.05, 0) is 29.8 Å². The summed E-state index contributed by atoms with van der Waals surface area (Å²) in [6.07, 6.45) is 0. The van der Waals surface area contributed by atoms with Gasteiger partial charge in [0.25, 0.3) is 0 Å². The van der Waals surface area contributed by atoms with Gasteiger partial charge >= 0.3 is 5.97 Å². The van der Waals surface area contributed by atoms with Crippen molar-refractivity contribution in [2.24, 2.45) is 0 Å². The van der Waals surface area contributed by atoms with E-state index in [2.05, 4.69) is 0 Å². The zero-order valence-electron chi connectivity index (χ0n) is 13.9. The van der Waals surface area contributed by atoms with Gasteiger partial charge in [0.2, 0.25) is 10.0 Å². The fourth-order valence-electron chi connectivity index (χ4n) is 2.76.